The monoisotopic (exact) mass is 658 g/mol. The van der Waals surface area contributed by atoms with Gasteiger partial charge in [-0.2, -0.15) is 0 Å². The van der Waals surface area contributed by atoms with Crippen molar-refractivity contribution < 1.29 is 0 Å². The highest BCUT2D eigenvalue weighted by Gasteiger charge is 2.26. The molecule has 11 aromatic rings. The Morgan fingerprint density at radius 1 is 0.288 bits per heavy atom. The summed E-state index contributed by atoms with van der Waals surface area (Å²) in [5.41, 5.74) is 14.9. The molecule has 240 valence electrons. The molecule has 0 aliphatic heterocycles. The minimum absolute atomic E-state index is 1.16. The standard InChI is InChI=1S/C50H30N2/c1-2-14-31(15-3-1)32-16-12-18-34(28-32)51-45-27-11-9-24-42(45)48-49(51)40-22-7-6-21-39(40)47-41-23-8-10-26-44(41)52(50(47)48)35-29-33-17-13-25-38-36-19-4-5-20-37(36)43(30-35)46(33)38/h1-30H. The van der Waals surface area contributed by atoms with E-state index in [1.54, 1.807) is 0 Å². The van der Waals surface area contributed by atoms with Crippen LogP contribution in [0.15, 0.2) is 182 Å². The zero-order chi connectivity index (χ0) is 33.9. The van der Waals surface area contributed by atoms with E-state index in [0.29, 0.717) is 0 Å². The third-order valence-corrected chi connectivity index (χ3v) is 11.4. The third kappa shape index (κ3) is 3.63. The second-order valence-corrected chi connectivity index (χ2v) is 14.1. The topological polar surface area (TPSA) is 9.86 Å². The van der Waals surface area contributed by atoms with E-state index in [1.807, 2.05) is 0 Å². The smallest absolute Gasteiger partial charge is 0.0647 e. The van der Waals surface area contributed by atoms with Gasteiger partial charge in [0.15, 0.2) is 0 Å². The van der Waals surface area contributed by atoms with Crippen molar-refractivity contribution in [1.29, 1.82) is 0 Å². The predicted molar refractivity (Wildman–Crippen MR) is 220 cm³/mol. The Kier molecular flexibility index (Phi) is 5.53. The number of hydrogen-bond acceptors (Lipinski definition) is 0. The van der Waals surface area contributed by atoms with Gasteiger partial charge in [0.05, 0.1) is 22.1 Å². The predicted octanol–water partition coefficient (Wildman–Crippen LogP) is 13.5. The van der Waals surface area contributed by atoms with Crippen LogP contribution < -0.4 is 0 Å². The average molecular weight is 659 g/mol. The maximum absolute atomic E-state index is 2.56. The van der Waals surface area contributed by atoms with Crippen molar-refractivity contribution in [1.82, 2.24) is 9.13 Å². The zero-order valence-corrected chi connectivity index (χ0v) is 28.2. The van der Waals surface area contributed by atoms with Crippen molar-refractivity contribution in [3.05, 3.63) is 182 Å². The molecule has 0 bridgehead atoms. The van der Waals surface area contributed by atoms with E-state index in [9.17, 15) is 0 Å². The quantitative estimate of drug-likeness (QED) is 0.179. The second kappa shape index (κ2) is 10.3. The summed E-state index contributed by atoms with van der Waals surface area (Å²) < 4.78 is 5.06. The highest BCUT2D eigenvalue weighted by atomic mass is 15.0. The molecule has 0 unspecified atom stereocenters. The molecule has 2 aromatic heterocycles. The first-order valence-corrected chi connectivity index (χ1v) is 18.0. The lowest BCUT2D eigenvalue weighted by Gasteiger charge is -2.15. The normalized spacial score (nSPS) is 12.2. The molecule has 2 heteroatoms. The number of rotatable bonds is 3. The summed E-state index contributed by atoms with van der Waals surface area (Å²) in [7, 11) is 0. The van der Waals surface area contributed by atoms with Crippen LogP contribution in [0.5, 0.6) is 0 Å². The highest BCUT2D eigenvalue weighted by molar-refractivity contribution is 6.36. The Morgan fingerprint density at radius 2 is 0.865 bits per heavy atom. The Bertz CT molecular complexity index is 3290. The summed E-state index contributed by atoms with van der Waals surface area (Å²) in [6.07, 6.45) is 0. The first-order valence-electron chi connectivity index (χ1n) is 18.0. The van der Waals surface area contributed by atoms with Gasteiger partial charge < -0.3 is 9.13 Å². The molecule has 0 spiro atoms. The van der Waals surface area contributed by atoms with Crippen LogP contribution in [0.4, 0.5) is 0 Å². The summed E-state index contributed by atoms with van der Waals surface area (Å²) in [4.78, 5) is 0. The van der Waals surface area contributed by atoms with Gasteiger partial charge in [0.2, 0.25) is 0 Å². The van der Waals surface area contributed by atoms with Gasteiger partial charge in [0, 0.05) is 38.3 Å². The van der Waals surface area contributed by atoms with Crippen LogP contribution >= 0.6 is 0 Å². The SMILES string of the molecule is c1ccc(-c2cccc(-n3c4ccccc4c4c3c3ccccc3c3c5ccccc5n(-c5cc6c7c(cccc7c5)-c5ccccc5-6)c34)c2)cc1. The van der Waals surface area contributed by atoms with E-state index in [-0.39, 0.29) is 0 Å². The van der Waals surface area contributed by atoms with Crippen molar-refractivity contribution >= 4 is 65.2 Å². The number of aromatic nitrogens is 2. The van der Waals surface area contributed by atoms with Gasteiger partial charge in [0.25, 0.3) is 0 Å². The van der Waals surface area contributed by atoms with Crippen LogP contribution in [0.2, 0.25) is 0 Å². The maximum atomic E-state index is 2.56. The first-order chi connectivity index (χ1) is 25.8. The molecule has 2 heterocycles. The Labute approximate surface area is 300 Å². The summed E-state index contributed by atoms with van der Waals surface area (Å²) >= 11 is 0. The van der Waals surface area contributed by atoms with E-state index in [1.165, 1.54) is 104 Å². The Balaban J connectivity index is 1.28. The number of para-hydroxylation sites is 2. The fourth-order valence-corrected chi connectivity index (χ4v) is 9.31. The Hall–Kier alpha value is -6.90. The van der Waals surface area contributed by atoms with Crippen molar-refractivity contribution in [2.24, 2.45) is 0 Å². The van der Waals surface area contributed by atoms with Crippen molar-refractivity contribution in [3.63, 3.8) is 0 Å². The molecule has 0 amide bonds. The van der Waals surface area contributed by atoms with E-state index in [0.717, 1.165) is 5.69 Å². The van der Waals surface area contributed by atoms with Gasteiger partial charge in [0.1, 0.15) is 0 Å². The molecule has 0 atom stereocenters. The second-order valence-electron chi connectivity index (χ2n) is 14.1. The van der Waals surface area contributed by atoms with E-state index in [4.69, 9.17) is 0 Å². The van der Waals surface area contributed by atoms with Crippen LogP contribution in [-0.2, 0) is 0 Å². The van der Waals surface area contributed by atoms with Gasteiger partial charge in [-0.25, -0.2) is 0 Å². The molecule has 1 aliphatic carbocycles. The molecular weight excluding hydrogens is 629 g/mol. The molecule has 12 rings (SSSR count). The molecule has 1 aliphatic rings. The number of nitrogens with zero attached hydrogens (tertiary/aromatic N) is 2. The van der Waals surface area contributed by atoms with Crippen molar-refractivity contribution in [3.8, 4) is 44.8 Å². The lowest BCUT2D eigenvalue weighted by Crippen LogP contribution is -1.97. The molecule has 9 aromatic carbocycles. The van der Waals surface area contributed by atoms with E-state index >= 15 is 0 Å². The van der Waals surface area contributed by atoms with Gasteiger partial charge in [-0.05, 0) is 85.9 Å². The summed E-state index contributed by atoms with van der Waals surface area (Å²) in [5, 5.41) is 10.2. The van der Waals surface area contributed by atoms with Gasteiger partial charge in [-0.15, -0.1) is 0 Å². The van der Waals surface area contributed by atoms with Crippen LogP contribution in [0.1, 0.15) is 0 Å². The largest absolute Gasteiger partial charge is 0.309 e. The molecule has 0 radical (unpaired) electrons. The lowest BCUT2D eigenvalue weighted by atomic mass is 9.99. The molecule has 0 N–H and O–H groups in total. The first kappa shape index (κ1) is 27.9. The molecule has 0 saturated heterocycles. The molecule has 52 heavy (non-hydrogen) atoms. The van der Waals surface area contributed by atoms with Crippen LogP contribution in [0.3, 0.4) is 0 Å². The zero-order valence-electron chi connectivity index (χ0n) is 28.2. The maximum Gasteiger partial charge on any atom is 0.0647 e. The average Bonchev–Trinajstić information content (AvgIpc) is 3.86. The highest BCUT2D eigenvalue weighted by Crippen LogP contribution is 2.50. The lowest BCUT2D eigenvalue weighted by molar-refractivity contribution is 1.18. The third-order valence-electron chi connectivity index (χ3n) is 11.4. The van der Waals surface area contributed by atoms with Crippen LogP contribution in [0, 0.1) is 0 Å². The number of fused-ring (bicyclic) bond motifs is 13. The van der Waals surface area contributed by atoms with Gasteiger partial charge in [-0.3, -0.25) is 0 Å². The Morgan fingerprint density at radius 3 is 1.65 bits per heavy atom. The van der Waals surface area contributed by atoms with Crippen molar-refractivity contribution in [2.45, 2.75) is 0 Å². The van der Waals surface area contributed by atoms with Crippen LogP contribution in [0.25, 0.3) is 110 Å². The summed E-state index contributed by atoms with van der Waals surface area (Å²) in [6.45, 7) is 0. The van der Waals surface area contributed by atoms with Gasteiger partial charge >= 0.3 is 0 Å². The molecule has 0 fully saturated rings. The fraction of sp³-hybridized carbons (Fsp3) is 0. The van der Waals surface area contributed by atoms with Gasteiger partial charge in [-0.1, -0.05) is 146 Å². The molecular formula is C50H30N2. The summed E-state index contributed by atoms with van der Waals surface area (Å²) in [6, 6.07) is 67.1. The van der Waals surface area contributed by atoms with Crippen LogP contribution in [-0.4, -0.2) is 9.13 Å². The minimum atomic E-state index is 1.16. The number of benzene rings is 9. The molecule has 0 saturated carbocycles. The minimum Gasteiger partial charge on any atom is -0.309 e. The molecule has 2 nitrogen and oxygen atoms in total. The fourth-order valence-electron chi connectivity index (χ4n) is 9.31. The van der Waals surface area contributed by atoms with Crippen molar-refractivity contribution in [2.75, 3.05) is 0 Å². The van der Waals surface area contributed by atoms with E-state index < -0.39 is 0 Å². The summed E-state index contributed by atoms with van der Waals surface area (Å²) in [5.74, 6) is 0. The van der Waals surface area contributed by atoms with E-state index in [2.05, 4.69) is 191 Å². The number of hydrogen-bond donors (Lipinski definition) is 0.